The zero-order chi connectivity index (χ0) is 16.5. The quantitative estimate of drug-likeness (QED) is 0.260. The van der Waals surface area contributed by atoms with E-state index in [0.29, 0.717) is 6.42 Å². The zero-order valence-electron chi connectivity index (χ0n) is 11.7. The molecule has 1 N–H and O–H groups in total. The van der Waals surface area contributed by atoms with E-state index in [4.69, 9.17) is 16.3 Å². The molecule has 22 heavy (non-hydrogen) atoms. The van der Waals surface area contributed by atoms with Crippen molar-refractivity contribution in [2.24, 2.45) is 0 Å². The van der Waals surface area contributed by atoms with Crippen molar-refractivity contribution in [2.45, 2.75) is 12.8 Å². The average Bonchev–Trinajstić information content (AvgIpc) is 2.49. The Morgan fingerprint density at radius 3 is 2.77 bits per heavy atom. The number of benzene rings is 1. The number of rotatable bonds is 8. The Morgan fingerprint density at radius 2 is 2.18 bits per heavy atom. The number of nitrogens with one attached hydrogen (secondary N) is 1. The first-order valence-corrected chi connectivity index (χ1v) is 6.82. The second-order valence-electron chi connectivity index (χ2n) is 4.22. The van der Waals surface area contributed by atoms with Crippen molar-refractivity contribution in [1.82, 2.24) is 5.32 Å². The number of allylic oxidation sites excluding steroid dienone is 1. The first-order valence-electron chi connectivity index (χ1n) is 6.44. The molecule has 1 aromatic carbocycles. The summed E-state index contributed by atoms with van der Waals surface area (Å²) >= 11 is 5.83. The lowest BCUT2D eigenvalue weighted by Crippen LogP contribution is -2.28. The van der Waals surface area contributed by atoms with Gasteiger partial charge in [0.25, 0.3) is 11.6 Å². The Balaban J connectivity index is 2.44. The Kier molecular flexibility index (Phi) is 7.04. The van der Waals surface area contributed by atoms with Crippen molar-refractivity contribution >= 4 is 29.2 Å². The van der Waals surface area contributed by atoms with Gasteiger partial charge in [-0.2, -0.15) is 0 Å². The van der Waals surface area contributed by atoms with Crippen molar-refractivity contribution < 1.29 is 19.2 Å². The minimum Gasteiger partial charge on any atom is -0.464 e. The summed E-state index contributed by atoms with van der Waals surface area (Å²) in [4.78, 5) is 33.0. The molecule has 0 atom stereocenters. The van der Waals surface area contributed by atoms with Gasteiger partial charge in [-0.3, -0.25) is 19.7 Å². The molecule has 1 rings (SSSR count). The maximum atomic E-state index is 11.8. The molecule has 0 spiro atoms. The minimum absolute atomic E-state index is 0.0188. The number of esters is 1. The molecule has 0 bridgehead atoms. The number of non-ortho nitro benzene ring substituents is 1. The van der Waals surface area contributed by atoms with E-state index in [-0.39, 0.29) is 41.8 Å². The second-order valence-corrected chi connectivity index (χ2v) is 4.63. The van der Waals surface area contributed by atoms with E-state index in [1.54, 1.807) is 6.08 Å². The monoisotopic (exact) mass is 326 g/mol. The lowest BCUT2D eigenvalue weighted by Gasteiger charge is -2.07. The number of hydrogen-bond donors (Lipinski definition) is 1. The van der Waals surface area contributed by atoms with Crippen LogP contribution in [0.1, 0.15) is 23.2 Å². The van der Waals surface area contributed by atoms with Gasteiger partial charge in [-0.25, -0.2) is 0 Å². The van der Waals surface area contributed by atoms with Crippen molar-refractivity contribution in [2.75, 3.05) is 13.2 Å². The van der Waals surface area contributed by atoms with Crippen molar-refractivity contribution in [3.63, 3.8) is 0 Å². The highest BCUT2D eigenvalue weighted by molar-refractivity contribution is 6.34. The highest BCUT2D eigenvalue weighted by atomic mass is 35.5. The summed E-state index contributed by atoms with van der Waals surface area (Å²) in [5.41, 5.74) is -0.0806. The van der Waals surface area contributed by atoms with Gasteiger partial charge in [-0.05, 0) is 12.5 Å². The molecule has 0 aromatic heterocycles. The van der Waals surface area contributed by atoms with Crippen LogP contribution in [-0.4, -0.2) is 30.0 Å². The molecule has 1 amide bonds. The van der Waals surface area contributed by atoms with Crippen LogP contribution in [0.4, 0.5) is 5.69 Å². The number of carbonyl (C=O) groups excluding carboxylic acids is 2. The van der Waals surface area contributed by atoms with Gasteiger partial charge >= 0.3 is 5.97 Å². The van der Waals surface area contributed by atoms with Gasteiger partial charge in [0.15, 0.2) is 0 Å². The third kappa shape index (κ3) is 5.53. The van der Waals surface area contributed by atoms with E-state index in [0.717, 1.165) is 6.07 Å². The molecule has 0 unspecified atom stereocenters. The highest BCUT2D eigenvalue weighted by Gasteiger charge is 2.14. The summed E-state index contributed by atoms with van der Waals surface area (Å²) < 4.78 is 4.89. The number of amides is 1. The highest BCUT2D eigenvalue weighted by Crippen LogP contribution is 2.22. The fourth-order valence-corrected chi connectivity index (χ4v) is 1.78. The predicted molar refractivity (Wildman–Crippen MR) is 80.8 cm³/mol. The van der Waals surface area contributed by atoms with Gasteiger partial charge in [0.1, 0.15) is 6.61 Å². The summed E-state index contributed by atoms with van der Waals surface area (Å²) in [5, 5.41) is 13.1. The molecule has 0 saturated heterocycles. The summed E-state index contributed by atoms with van der Waals surface area (Å²) in [5.74, 6) is -0.871. The molecule has 0 fully saturated rings. The lowest BCUT2D eigenvalue weighted by atomic mass is 10.2. The molecular formula is C14H15ClN2O5. The van der Waals surface area contributed by atoms with Crippen LogP contribution in [0, 0.1) is 10.1 Å². The standard InChI is InChI=1S/C14H15ClN2O5/c1-2-3-4-13(18)22-8-7-16-14(19)11-6-5-10(17(20)21)9-12(11)15/h2,5-6,9H,1,3-4,7-8H2,(H,16,19). The molecule has 118 valence electrons. The number of ether oxygens (including phenoxy) is 1. The first-order chi connectivity index (χ1) is 10.5. The van der Waals surface area contributed by atoms with E-state index in [1.807, 2.05) is 0 Å². The molecule has 7 nitrogen and oxygen atoms in total. The number of carbonyl (C=O) groups is 2. The van der Waals surface area contributed by atoms with Gasteiger partial charge in [0.2, 0.25) is 0 Å². The van der Waals surface area contributed by atoms with E-state index in [1.165, 1.54) is 12.1 Å². The number of hydrogen-bond acceptors (Lipinski definition) is 5. The van der Waals surface area contributed by atoms with Crippen LogP contribution in [0.15, 0.2) is 30.9 Å². The SMILES string of the molecule is C=CCCC(=O)OCCNC(=O)c1ccc([N+](=O)[O-])cc1Cl. The summed E-state index contributed by atoms with van der Waals surface area (Å²) in [6.45, 7) is 3.64. The zero-order valence-corrected chi connectivity index (χ0v) is 12.5. The Morgan fingerprint density at radius 1 is 1.45 bits per heavy atom. The lowest BCUT2D eigenvalue weighted by molar-refractivity contribution is -0.384. The molecule has 1 aromatic rings. The normalized spacial score (nSPS) is 9.86. The Labute approximate surface area is 132 Å². The van der Waals surface area contributed by atoms with Gasteiger partial charge < -0.3 is 10.1 Å². The van der Waals surface area contributed by atoms with Gasteiger partial charge in [-0.1, -0.05) is 17.7 Å². The van der Waals surface area contributed by atoms with E-state index in [2.05, 4.69) is 11.9 Å². The van der Waals surface area contributed by atoms with Crippen LogP contribution < -0.4 is 5.32 Å². The van der Waals surface area contributed by atoms with Crippen molar-refractivity contribution in [1.29, 1.82) is 0 Å². The number of halogens is 1. The van der Waals surface area contributed by atoms with Crippen LogP contribution in [0.5, 0.6) is 0 Å². The maximum Gasteiger partial charge on any atom is 0.306 e. The molecule has 0 aliphatic heterocycles. The fourth-order valence-electron chi connectivity index (χ4n) is 1.52. The van der Waals surface area contributed by atoms with E-state index in [9.17, 15) is 19.7 Å². The molecule has 0 saturated carbocycles. The van der Waals surface area contributed by atoms with Crippen LogP contribution in [0.3, 0.4) is 0 Å². The third-order valence-electron chi connectivity index (χ3n) is 2.61. The number of nitro groups is 1. The predicted octanol–water partition coefficient (Wildman–Crippen LogP) is 2.49. The summed E-state index contributed by atoms with van der Waals surface area (Å²) in [7, 11) is 0. The number of nitro benzene ring substituents is 1. The molecule has 0 radical (unpaired) electrons. The van der Waals surface area contributed by atoms with Gasteiger partial charge in [0, 0.05) is 18.6 Å². The smallest absolute Gasteiger partial charge is 0.306 e. The molecule has 8 heteroatoms. The topological polar surface area (TPSA) is 98.5 Å². The molecular weight excluding hydrogens is 312 g/mol. The van der Waals surface area contributed by atoms with Gasteiger partial charge in [0.05, 0.1) is 22.1 Å². The Bertz CT molecular complexity index is 589. The third-order valence-corrected chi connectivity index (χ3v) is 2.92. The summed E-state index contributed by atoms with van der Waals surface area (Å²) in [6.07, 6.45) is 2.38. The van der Waals surface area contributed by atoms with Crippen LogP contribution in [0.2, 0.25) is 5.02 Å². The van der Waals surface area contributed by atoms with Crippen LogP contribution >= 0.6 is 11.6 Å². The fraction of sp³-hybridized carbons (Fsp3) is 0.286. The van der Waals surface area contributed by atoms with Crippen molar-refractivity contribution in [3.05, 3.63) is 51.6 Å². The first kappa shape index (κ1) is 17.6. The minimum atomic E-state index is -0.601. The van der Waals surface area contributed by atoms with E-state index >= 15 is 0 Å². The maximum absolute atomic E-state index is 11.8. The van der Waals surface area contributed by atoms with Crippen molar-refractivity contribution in [3.8, 4) is 0 Å². The number of nitrogens with zero attached hydrogens (tertiary/aromatic N) is 1. The molecule has 0 heterocycles. The Hall–Kier alpha value is -2.41. The molecule has 0 aliphatic carbocycles. The summed E-state index contributed by atoms with van der Waals surface area (Å²) in [6, 6.07) is 3.56. The molecule has 0 aliphatic rings. The van der Waals surface area contributed by atoms with Crippen LogP contribution in [-0.2, 0) is 9.53 Å². The second kappa shape index (κ2) is 8.78. The largest absolute Gasteiger partial charge is 0.464 e. The average molecular weight is 327 g/mol. The van der Waals surface area contributed by atoms with E-state index < -0.39 is 10.8 Å². The van der Waals surface area contributed by atoms with Crippen LogP contribution in [0.25, 0.3) is 0 Å². The van der Waals surface area contributed by atoms with Gasteiger partial charge in [-0.15, -0.1) is 6.58 Å².